The van der Waals surface area contributed by atoms with Crippen LogP contribution >= 0.6 is 0 Å². The van der Waals surface area contributed by atoms with Crippen LogP contribution in [-0.2, 0) is 10.0 Å². The molecule has 0 aliphatic carbocycles. The lowest BCUT2D eigenvalue weighted by atomic mass is 10.1. The minimum Gasteiger partial charge on any atom is -0.319 e. The van der Waals surface area contributed by atoms with Gasteiger partial charge in [-0.25, -0.2) is 19.0 Å². The van der Waals surface area contributed by atoms with Gasteiger partial charge in [-0.1, -0.05) is 29.8 Å². The Balaban J connectivity index is 2.53. The van der Waals surface area contributed by atoms with Gasteiger partial charge in [0.25, 0.3) is 4.87 Å². The molecule has 4 N–H and O–H groups in total. The predicted molar refractivity (Wildman–Crippen MR) is 67.3 cm³/mol. The van der Waals surface area contributed by atoms with Crippen LogP contribution in [0.5, 0.6) is 0 Å². The van der Waals surface area contributed by atoms with E-state index in [4.69, 9.17) is 5.14 Å². The SMILES string of the molecule is Cc1ccc(C2=CC(C(F)(F)F)(S(N)(=O)=O)NN2)cc1. The molecule has 20 heavy (non-hydrogen) atoms. The van der Waals surface area contributed by atoms with E-state index in [1.165, 1.54) is 0 Å². The van der Waals surface area contributed by atoms with E-state index in [0.717, 1.165) is 5.56 Å². The zero-order valence-corrected chi connectivity index (χ0v) is 11.1. The van der Waals surface area contributed by atoms with E-state index in [-0.39, 0.29) is 5.70 Å². The monoisotopic (exact) mass is 307 g/mol. The van der Waals surface area contributed by atoms with Crippen LogP contribution in [-0.4, -0.2) is 19.5 Å². The molecule has 1 aromatic rings. The van der Waals surface area contributed by atoms with Crippen LogP contribution in [0.1, 0.15) is 11.1 Å². The molecule has 110 valence electrons. The Bertz CT molecular complexity index is 652. The molecule has 0 fully saturated rings. The molecule has 1 heterocycles. The lowest BCUT2D eigenvalue weighted by Crippen LogP contribution is -2.62. The van der Waals surface area contributed by atoms with Crippen molar-refractivity contribution in [1.82, 2.24) is 10.9 Å². The van der Waals surface area contributed by atoms with E-state index < -0.39 is 21.1 Å². The highest BCUT2D eigenvalue weighted by Crippen LogP contribution is 2.38. The Kier molecular flexibility index (Phi) is 3.31. The lowest BCUT2D eigenvalue weighted by Gasteiger charge is -2.26. The van der Waals surface area contributed by atoms with Gasteiger partial charge in [0, 0.05) is 0 Å². The van der Waals surface area contributed by atoms with E-state index in [1.54, 1.807) is 29.7 Å². The number of hydrogen-bond acceptors (Lipinski definition) is 4. The van der Waals surface area contributed by atoms with Gasteiger partial charge < -0.3 is 5.43 Å². The number of nitrogens with two attached hydrogens (primary N) is 1. The second-order valence-electron chi connectivity index (χ2n) is 4.45. The van der Waals surface area contributed by atoms with Gasteiger partial charge in [-0.15, -0.1) is 0 Å². The maximum Gasteiger partial charge on any atom is 0.427 e. The Morgan fingerprint density at radius 1 is 1.20 bits per heavy atom. The van der Waals surface area contributed by atoms with Gasteiger partial charge in [0.2, 0.25) is 10.0 Å². The molecule has 0 saturated carbocycles. The van der Waals surface area contributed by atoms with Crippen molar-refractivity contribution < 1.29 is 21.6 Å². The minimum absolute atomic E-state index is 0.00338. The molecule has 1 aliphatic rings. The number of aryl methyl sites for hydroxylation is 1. The van der Waals surface area contributed by atoms with Crippen LogP contribution in [0.2, 0.25) is 0 Å². The fraction of sp³-hybridized carbons (Fsp3) is 0.273. The number of sulfonamides is 1. The van der Waals surface area contributed by atoms with Gasteiger partial charge in [0.1, 0.15) is 0 Å². The number of primary sulfonamides is 1. The van der Waals surface area contributed by atoms with E-state index in [0.29, 0.717) is 11.6 Å². The van der Waals surface area contributed by atoms with E-state index in [1.807, 2.05) is 6.92 Å². The average molecular weight is 307 g/mol. The Hall–Kier alpha value is -1.58. The molecule has 5 nitrogen and oxygen atoms in total. The highest BCUT2D eigenvalue weighted by Gasteiger charge is 2.64. The van der Waals surface area contributed by atoms with Crippen LogP contribution in [0.4, 0.5) is 13.2 Å². The van der Waals surface area contributed by atoms with E-state index >= 15 is 0 Å². The molecule has 0 saturated heterocycles. The summed E-state index contributed by atoms with van der Waals surface area (Å²) in [7, 11) is -4.95. The van der Waals surface area contributed by atoms with Gasteiger partial charge in [0.15, 0.2) is 0 Å². The van der Waals surface area contributed by atoms with Crippen LogP contribution in [0.15, 0.2) is 30.3 Å². The highest BCUT2D eigenvalue weighted by molar-refractivity contribution is 7.90. The van der Waals surface area contributed by atoms with Gasteiger partial charge in [-0.05, 0) is 18.6 Å². The number of rotatable bonds is 2. The first kappa shape index (κ1) is 14.8. The van der Waals surface area contributed by atoms with Crippen LogP contribution in [0.3, 0.4) is 0 Å². The third-order valence-electron chi connectivity index (χ3n) is 2.96. The summed E-state index contributed by atoms with van der Waals surface area (Å²) in [4.78, 5) is -3.33. The maximum absolute atomic E-state index is 13.1. The summed E-state index contributed by atoms with van der Waals surface area (Å²) in [5.74, 6) is 0. The van der Waals surface area contributed by atoms with E-state index in [9.17, 15) is 21.6 Å². The summed E-state index contributed by atoms with van der Waals surface area (Å²) in [6, 6.07) is 6.54. The summed E-state index contributed by atoms with van der Waals surface area (Å²) < 4.78 is 61.9. The van der Waals surface area contributed by atoms with Crippen LogP contribution in [0, 0.1) is 6.92 Å². The molecular weight excluding hydrogens is 295 g/mol. The van der Waals surface area contributed by atoms with Crippen molar-refractivity contribution in [3.63, 3.8) is 0 Å². The predicted octanol–water partition coefficient (Wildman–Crippen LogP) is 0.991. The molecule has 2 rings (SSSR count). The van der Waals surface area contributed by atoms with Gasteiger partial charge >= 0.3 is 6.18 Å². The molecular formula is C11H12F3N3O2S. The number of halogens is 3. The first-order chi connectivity index (χ1) is 9.07. The number of benzene rings is 1. The fourth-order valence-electron chi connectivity index (χ4n) is 1.79. The molecule has 0 amide bonds. The van der Waals surface area contributed by atoms with Crippen LogP contribution in [0.25, 0.3) is 5.70 Å². The number of hydrazine groups is 1. The van der Waals surface area contributed by atoms with Gasteiger partial charge in [-0.3, -0.25) is 0 Å². The summed E-state index contributed by atoms with van der Waals surface area (Å²) in [6.45, 7) is 1.82. The fourth-order valence-corrected chi connectivity index (χ4v) is 2.59. The summed E-state index contributed by atoms with van der Waals surface area (Å²) in [5, 5.41) is 4.73. The first-order valence-electron chi connectivity index (χ1n) is 5.49. The van der Waals surface area contributed by atoms with Crippen molar-refractivity contribution in [3.05, 3.63) is 41.5 Å². The first-order valence-corrected chi connectivity index (χ1v) is 7.04. The smallest absolute Gasteiger partial charge is 0.319 e. The third kappa shape index (κ3) is 2.28. The maximum atomic E-state index is 13.1. The second-order valence-corrected chi connectivity index (χ2v) is 6.19. The summed E-state index contributed by atoms with van der Waals surface area (Å²) in [6.07, 6.45) is -4.56. The molecule has 1 atom stereocenters. The average Bonchev–Trinajstić information content (AvgIpc) is 2.74. The van der Waals surface area contributed by atoms with Crippen molar-refractivity contribution in [1.29, 1.82) is 0 Å². The van der Waals surface area contributed by atoms with Crippen molar-refractivity contribution >= 4 is 15.7 Å². The standard InChI is InChI=1S/C11H12F3N3O2S/c1-7-2-4-8(5-3-7)9-6-10(17-16-9,11(12,13)14)20(15,18)19/h2-6,16-17H,1H3,(H2,15,18,19). The quantitative estimate of drug-likeness (QED) is 0.761. The highest BCUT2D eigenvalue weighted by atomic mass is 32.2. The van der Waals surface area contributed by atoms with Crippen LogP contribution < -0.4 is 16.0 Å². The number of alkyl halides is 3. The molecule has 0 spiro atoms. The van der Waals surface area contributed by atoms with Gasteiger partial charge in [-0.2, -0.15) is 13.2 Å². The lowest BCUT2D eigenvalue weighted by molar-refractivity contribution is -0.156. The second kappa shape index (κ2) is 4.47. The van der Waals surface area contributed by atoms with Gasteiger partial charge in [0.05, 0.1) is 5.70 Å². The summed E-state index contributed by atoms with van der Waals surface area (Å²) in [5.41, 5.74) is 5.30. The van der Waals surface area contributed by atoms with Crippen molar-refractivity contribution in [3.8, 4) is 0 Å². The Morgan fingerprint density at radius 3 is 2.15 bits per heavy atom. The van der Waals surface area contributed by atoms with Crippen molar-refractivity contribution in [2.24, 2.45) is 5.14 Å². The molecule has 0 aromatic heterocycles. The number of hydrogen-bond donors (Lipinski definition) is 3. The molecule has 1 unspecified atom stereocenters. The summed E-state index contributed by atoms with van der Waals surface area (Å²) >= 11 is 0. The topological polar surface area (TPSA) is 84.2 Å². The molecule has 0 bridgehead atoms. The van der Waals surface area contributed by atoms with E-state index in [2.05, 4.69) is 5.43 Å². The molecule has 9 heteroatoms. The zero-order valence-electron chi connectivity index (χ0n) is 10.3. The Labute approximate surface area is 113 Å². The largest absolute Gasteiger partial charge is 0.427 e. The van der Waals surface area contributed by atoms with Crippen molar-refractivity contribution in [2.45, 2.75) is 18.0 Å². The van der Waals surface area contributed by atoms with Crippen molar-refractivity contribution in [2.75, 3.05) is 0 Å². The molecule has 0 radical (unpaired) electrons. The minimum atomic E-state index is -5.10. The zero-order chi connectivity index (χ0) is 15.2. The third-order valence-corrected chi connectivity index (χ3v) is 4.31. The number of nitrogens with one attached hydrogen (secondary N) is 2. The molecule has 1 aromatic carbocycles. The normalized spacial score (nSPS) is 23.4. The molecule has 1 aliphatic heterocycles. The Morgan fingerprint density at radius 2 is 1.75 bits per heavy atom.